The molecule has 1 spiro atoms. The second kappa shape index (κ2) is 10.5. The fourth-order valence-electron chi connectivity index (χ4n) is 7.58. The summed E-state index contributed by atoms with van der Waals surface area (Å²) in [5.74, 6) is -1.81. The number of thioether (sulfide) groups is 1. The monoisotopic (exact) mass is 563 g/mol. The second-order valence-electron chi connectivity index (χ2n) is 13.4. The molecule has 0 radical (unpaired) electrons. The van der Waals surface area contributed by atoms with Crippen LogP contribution >= 0.6 is 11.8 Å². The van der Waals surface area contributed by atoms with Gasteiger partial charge in [-0.3, -0.25) is 14.4 Å². The van der Waals surface area contributed by atoms with Crippen molar-refractivity contribution in [1.29, 1.82) is 0 Å². The molecule has 40 heavy (non-hydrogen) atoms. The molecule has 3 N–H and O–H groups in total. The topological polar surface area (TPSA) is 98.7 Å². The molecule has 214 valence electrons. The number of benzene rings is 2. The number of likely N-dealkylation sites (tertiary alicyclic amines) is 1. The van der Waals surface area contributed by atoms with E-state index < -0.39 is 34.2 Å². The summed E-state index contributed by atoms with van der Waals surface area (Å²) in [5.41, 5.74) is 0.937. The Morgan fingerprint density at radius 1 is 1.02 bits per heavy atom. The molecule has 3 fully saturated rings. The number of amides is 3. The van der Waals surface area contributed by atoms with Crippen molar-refractivity contribution in [2.45, 2.75) is 81.5 Å². The predicted molar refractivity (Wildman–Crippen MR) is 159 cm³/mol. The molecule has 2 aromatic carbocycles. The highest BCUT2D eigenvalue weighted by Crippen LogP contribution is 2.67. The van der Waals surface area contributed by atoms with Crippen LogP contribution in [-0.2, 0) is 14.4 Å². The van der Waals surface area contributed by atoms with Crippen LogP contribution in [0.2, 0.25) is 0 Å². The highest BCUT2D eigenvalue weighted by Gasteiger charge is 2.74. The van der Waals surface area contributed by atoms with Crippen LogP contribution in [0.3, 0.4) is 0 Å². The van der Waals surface area contributed by atoms with Crippen LogP contribution in [0, 0.1) is 17.3 Å². The number of hydrogen-bond acceptors (Lipinski definition) is 5. The lowest BCUT2D eigenvalue weighted by atomic mass is 9.70. The van der Waals surface area contributed by atoms with Crippen LogP contribution in [0.4, 0.5) is 5.69 Å². The third kappa shape index (κ3) is 5.16. The van der Waals surface area contributed by atoms with Crippen molar-refractivity contribution in [3.05, 3.63) is 66.2 Å². The Morgan fingerprint density at radius 3 is 2.25 bits per heavy atom. The Labute approximate surface area is 241 Å². The quantitative estimate of drug-likeness (QED) is 0.429. The summed E-state index contributed by atoms with van der Waals surface area (Å²) in [4.78, 5) is 44.1. The van der Waals surface area contributed by atoms with Crippen LogP contribution in [0.25, 0.3) is 0 Å². The fraction of sp³-hybridized carbons (Fsp3) is 0.531. The van der Waals surface area contributed by atoms with E-state index in [2.05, 4.69) is 31.4 Å². The molecule has 3 amide bonds. The summed E-state index contributed by atoms with van der Waals surface area (Å²) in [6, 6.07) is 17.2. The van der Waals surface area contributed by atoms with Gasteiger partial charge in [0.1, 0.15) is 6.04 Å². The van der Waals surface area contributed by atoms with Gasteiger partial charge in [-0.05, 0) is 56.2 Å². The molecule has 0 aromatic heterocycles. The minimum atomic E-state index is -0.800. The van der Waals surface area contributed by atoms with Crippen molar-refractivity contribution in [2.24, 2.45) is 17.3 Å². The lowest BCUT2D eigenvalue weighted by Crippen LogP contribution is -2.58. The Balaban J connectivity index is 1.54. The number of carbonyl (C=O) groups excluding carboxylic acids is 3. The fourth-order valence-corrected chi connectivity index (χ4v) is 9.78. The van der Waals surface area contributed by atoms with Crippen molar-refractivity contribution in [3.8, 4) is 0 Å². The van der Waals surface area contributed by atoms with E-state index in [0.29, 0.717) is 12.1 Å². The second-order valence-corrected chi connectivity index (χ2v) is 15.0. The van der Waals surface area contributed by atoms with E-state index in [9.17, 15) is 19.5 Å². The summed E-state index contributed by atoms with van der Waals surface area (Å²) in [6.45, 7) is 10.1. The zero-order chi connectivity index (χ0) is 28.9. The average molecular weight is 564 g/mol. The van der Waals surface area contributed by atoms with E-state index in [4.69, 9.17) is 0 Å². The first kappa shape index (κ1) is 28.7. The molecule has 0 aliphatic carbocycles. The maximum Gasteiger partial charge on any atom is 0.244 e. The molecule has 7 nitrogen and oxygen atoms in total. The summed E-state index contributed by atoms with van der Waals surface area (Å²) in [6.07, 6.45) is 2.19. The number of aliphatic hydroxyl groups excluding tert-OH is 1. The molecule has 3 aliphatic heterocycles. The molecular weight excluding hydrogens is 522 g/mol. The average Bonchev–Trinajstić information content (AvgIpc) is 3.52. The third-order valence-corrected chi connectivity index (χ3v) is 10.4. The van der Waals surface area contributed by atoms with Gasteiger partial charge in [0.05, 0.1) is 29.2 Å². The minimum absolute atomic E-state index is 0.0123. The Bertz CT molecular complexity index is 1260. The van der Waals surface area contributed by atoms with E-state index in [1.165, 1.54) is 0 Å². The van der Waals surface area contributed by atoms with E-state index >= 15 is 0 Å². The van der Waals surface area contributed by atoms with Gasteiger partial charge < -0.3 is 20.6 Å². The van der Waals surface area contributed by atoms with Gasteiger partial charge in [-0.25, -0.2) is 0 Å². The van der Waals surface area contributed by atoms with Gasteiger partial charge in [0, 0.05) is 16.5 Å². The third-order valence-electron chi connectivity index (χ3n) is 8.46. The van der Waals surface area contributed by atoms with Crippen LogP contribution < -0.4 is 10.6 Å². The Hall–Kier alpha value is -2.84. The molecule has 3 saturated heterocycles. The molecule has 3 heterocycles. The van der Waals surface area contributed by atoms with Gasteiger partial charge >= 0.3 is 0 Å². The van der Waals surface area contributed by atoms with Crippen LogP contribution in [0.5, 0.6) is 0 Å². The minimum Gasteiger partial charge on any atom is -0.394 e. The Morgan fingerprint density at radius 2 is 1.65 bits per heavy atom. The van der Waals surface area contributed by atoms with Crippen LogP contribution in [0.15, 0.2) is 60.7 Å². The first-order valence-electron chi connectivity index (χ1n) is 14.2. The normalized spacial score (nSPS) is 28.4. The van der Waals surface area contributed by atoms with Crippen LogP contribution in [0.1, 0.15) is 65.5 Å². The van der Waals surface area contributed by atoms with E-state index in [0.717, 1.165) is 18.4 Å². The maximum absolute atomic E-state index is 14.5. The Kier molecular flexibility index (Phi) is 7.55. The molecule has 2 bridgehead atoms. The van der Waals surface area contributed by atoms with E-state index in [1.54, 1.807) is 16.7 Å². The molecule has 2 aromatic rings. The number of nitrogens with zero attached hydrogens (tertiary/aromatic N) is 1. The number of carbonyl (C=O) groups is 3. The van der Waals surface area contributed by atoms with Gasteiger partial charge in [0.25, 0.3) is 0 Å². The largest absolute Gasteiger partial charge is 0.394 e. The zero-order valence-electron chi connectivity index (χ0n) is 24.0. The van der Waals surface area contributed by atoms with Crippen molar-refractivity contribution in [2.75, 3.05) is 11.9 Å². The van der Waals surface area contributed by atoms with Gasteiger partial charge in [-0.1, -0.05) is 69.3 Å². The number of para-hydroxylation sites is 1. The first-order valence-corrected chi connectivity index (χ1v) is 15.1. The molecular formula is C32H41N3O4S. The molecule has 3 aliphatic rings. The van der Waals surface area contributed by atoms with Gasteiger partial charge in [-0.2, -0.15) is 0 Å². The number of fused-ring (bicyclic) bond motifs is 1. The van der Waals surface area contributed by atoms with Crippen molar-refractivity contribution < 1.29 is 19.5 Å². The standard InChI is InChI=1S/C32H41N3O4S/c1-30(2,3)19-31(4,5)34-28(38)26-32-17-16-23(40-32)24(27(37)33-21-14-10-7-11-15-21)25(32)29(39)35(26)22(18-36)20-12-8-6-9-13-20/h6-15,22-26,36H,16-19H2,1-5H3,(H,33,37)(H,34,38)/t22-,23-,24+,25+,26?,32?/m1/s1. The summed E-state index contributed by atoms with van der Waals surface area (Å²) in [7, 11) is 0. The molecule has 5 rings (SSSR count). The number of hydrogen-bond donors (Lipinski definition) is 3. The highest BCUT2D eigenvalue weighted by atomic mass is 32.2. The van der Waals surface area contributed by atoms with Crippen molar-refractivity contribution >= 4 is 35.2 Å². The summed E-state index contributed by atoms with van der Waals surface area (Å²) in [5, 5.41) is 16.9. The highest BCUT2D eigenvalue weighted by molar-refractivity contribution is 8.02. The predicted octanol–water partition coefficient (Wildman–Crippen LogP) is 4.78. The molecule has 6 atom stereocenters. The zero-order valence-corrected chi connectivity index (χ0v) is 24.8. The smallest absolute Gasteiger partial charge is 0.244 e. The lowest BCUT2D eigenvalue weighted by Gasteiger charge is -2.40. The number of anilines is 1. The van der Waals surface area contributed by atoms with Crippen LogP contribution in [-0.4, -0.2) is 55.9 Å². The number of rotatable bonds is 8. The van der Waals surface area contributed by atoms with Crippen molar-refractivity contribution in [1.82, 2.24) is 10.2 Å². The van der Waals surface area contributed by atoms with E-state index in [1.807, 2.05) is 74.5 Å². The number of aliphatic hydroxyl groups is 1. The molecule has 8 heteroatoms. The molecule has 0 saturated carbocycles. The van der Waals surface area contributed by atoms with Gasteiger partial charge in [0.15, 0.2) is 0 Å². The molecule has 2 unspecified atom stereocenters. The van der Waals surface area contributed by atoms with Gasteiger partial charge in [-0.15, -0.1) is 11.8 Å². The SMILES string of the molecule is CC(C)(C)CC(C)(C)NC(=O)C1N([C@H](CO)c2ccccc2)C(=O)[C@@H]2[C@@H](C(=O)Nc3ccccc3)[C@H]3CCC12S3. The lowest BCUT2D eigenvalue weighted by molar-refractivity contribution is -0.142. The van der Waals surface area contributed by atoms with Crippen molar-refractivity contribution in [3.63, 3.8) is 0 Å². The number of nitrogens with one attached hydrogen (secondary N) is 2. The van der Waals surface area contributed by atoms with Gasteiger partial charge in [0.2, 0.25) is 17.7 Å². The first-order chi connectivity index (χ1) is 18.9. The summed E-state index contributed by atoms with van der Waals surface area (Å²) >= 11 is 1.64. The van der Waals surface area contributed by atoms with E-state index in [-0.39, 0.29) is 35.0 Å². The maximum atomic E-state index is 14.5. The summed E-state index contributed by atoms with van der Waals surface area (Å²) < 4.78 is -0.732.